The summed E-state index contributed by atoms with van der Waals surface area (Å²) in [6.07, 6.45) is 7.46. The molecule has 4 aromatic heterocycles. The number of nitrogens with zero attached hydrogens (tertiary/aromatic N) is 10. The number of carbonyl (C=O) groups excluding carboxylic acids is 3. The fraction of sp³-hybridized carbons (Fsp3) is 0.305. The molecular weight excluding hydrogens is 987 g/mol. The molecule has 0 spiro atoms. The normalized spacial score (nSPS) is 15.3. The Morgan fingerprint density at radius 2 is 1.64 bits per heavy atom. The molecule has 78 heavy (non-hydrogen) atoms. The monoisotopic (exact) mass is 1050 g/mol. The molecule has 19 heteroatoms. The molecule has 4 N–H and O–H groups in total. The number of benzene rings is 4. The van der Waals surface area contributed by atoms with E-state index in [-0.39, 0.29) is 47.8 Å². The number of aliphatic hydroxyl groups is 1. The van der Waals surface area contributed by atoms with Crippen LogP contribution < -0.4 is 25.8 Å². The van der Waals surface area contributed by atoms with Crippen LogP contribution in [0.3, 0.4) is 0 Å². The minimum atomic E-state index is -1.15. The molecule has 2 aliphatic heterocycles. The molecule has 8 aromatic rings. The summed E-state index contributed by atoms with van der Waals surface area (Å²) in [5, 5.41) is 33.7. The number of piperidine rings is 1. The van der Waals surface area contributed by atoms with Crippen molar-refractivity contribution in [3.63, 3.8) is 0 Å². The third kappa shape index (κ3) is 12.2. The lowest BCUT2D eigenvalue weighted by Gasteiger charge is -2.38. The summed E-state index contributed by atoms with van der Waals surface area (Å²) < 4.78 is 10.8. The maximum absolute atomic E-state index is 13.7. The van der Waals surface area contributed by atoms with Crippen molar-refractivity contribution in [1.82, 2.24) is 59.8 Å². The molecule has 2 aliphatic rings. The van der Waals surface area contributed by atoms with Crippen molar-refractivity contribution in [3.8, 4) is 40.7 Å². The van der Waals surface area contributed by atoms with Crippen LogP contribution in [0, 0.1) is 23.7 Å². The summed E-state index contributed by atoms with van der Waals surface area (Å²) in [5.41, 5.74) is 6.49. The van der Waals surface area contributed by atoms with Crippen LogP contribution in [0.5, 0.6) is 5.75 Å². The van der Waals surface area contributed by atoms with Crippen LogP contribution in [0.25, 0.3) is 22.3 Å². The molecule has 0 unspecified atom stereocenters. The van der Waals surface area contributed by atoms with Crippen LogP contribution >= 0.6 is 0 Å². The first-order valence-corrected chi connectivity index (χ1v) is 25.9. The molecule has 0 aliphatic carbocycles. The average Bonchev–Trinajstić information content (AvgIpc) is 4.23. The summed E-state index contributed by atoms with van der Waals surface area (Å²) in [6.45, 7) is 4.84. The van der Waals surface area contributed by atoms with Crippen LogP contribution in [0.4, 0.5) is 5.69 Å². The predicted octanol–water partition coefficient (Wildman–Crippen LogP) is 5.14. The number of amides is 3. The number of likely N-dealkylation sites (tertiary alicyclic amines) is 1. The highest BCUT2D eigenvalue weighted by Gasteiger charge is 2.36. The molecular formula is C59H59N13O6. The van der Waals surface area contributed by atoms with E-state index in [1.165, 1.54) is 15.8 Å². The predicted molar refractivity (Wildman–Crippen MR) is 293 cm³/mol. The number of anilines is 1. The number of fused-ring (bicyclic) bond motifs is 2. The lowest BCUT2D eigenvalue weighted by Crippen LogP contribution is -2.49. The fourth-order valence-electron chi connectivity index (χ4n) is 9.76. The Kier molecular flexibility index (Phi) is 15.7. The van der Waals surface area contributed by atoms with Crippen LogP contribution in [-0.2, 0) is 49.2 Å². The van der Waals surface area contributed by atoms with Gasteiger partial charge in [-0.3, -0.25) is 38.2 Å². The molecule has 2 atom stereocenters. The number of aromatic amines is 1. The number of para-hydroxylation sites is 2. The van der Waals surface area contributed by atoms with Gasteiger partial charge in [-0.2, -0.15) is 10.2 Å². The Labute approximate surface area is 450 Å². The number of H-pyrrole nitrogens is 1. The molecule has 0 radical (unpaired) electrons. The zero-order valence-corrected chi connectivity index (χ0v) is 43.6. The number of aryl methyl sites for hydroxylation is 2. The van der Waals surface area contributed by atoms with Gasteiger partial charge in [-0.1, -0.05) is 97.6 Å². The van der Waals surface area contributed by atoms with Crippen molar-refractivity contribution in [2.75, 3.05) is 31.6 Å². The van der Waals surface area contributed by atoms with E-state index in [1.54, 1.807) is 30.9 Å². The molecule has 0 saturated carbocycles. The minimum absolute atomic E-state index is 0.0149. The highest BCUT2D eigenvalue weighted by Crippen LogP contribution is 2.31. The number of hydrogen-bond acceptors (Lipinski definition) is 12. The van der Waals surface area contributed by atoms with Crippen molar-refractivity contribution in [3.05, 3.63) is 172 Å². The van der Waals surface area contributed by atoms with E-state index in [1.807, 2.05) is 113 Å². The second-order valence-corrected chi connectivity index (χ2v) is 19.9. The largest absolute Gasteiger partial charge is 0.489 e. The van der Waals surface area contributed by atoms with Gasteiger partial charge in [0.15, 0.2) is 5.52 Å². The maximum Gasteiger partial charge on any atom is 0.291 e. The minimum Gasteiger partial charge on any atom is -0.489 e. The van der Waals surface area contributed by atoms with E-state index in [0.717, 1.165) is 39.1 Å². The van der Waals surface area contributed by atoms with Gasteiger partial charge in [0.05, 0.1) is 42.6 Å². The van der Waals surface area contributed by atoms with E-state index in [0.29, 0.717) is 87.6 Å². The number of ether oxygens (including phenoxy) is 1. The summed E-state index contributed by atoms with van der Waals surface area (Å²) in [5.74, 6) is 12.3. The third-order valence-electron chi connectivity index (χ3n) is 14.2. The summed E-state index contributed by atoms with van der Waals surface area (Å²) in [7, 11) is 3.44. The van der Waals surface area contributed by atoms with E-state index >= 15 is 0 Å². The van der Waals surface area contributed by atoms with Gasteiger partial charge in [0, 0.05) is 82.4 Å². The number of hydrogen-bond donors (Lipinski definition) is 4. The Hall–Kier alpha value is -9.17. The van der Waals surface area contributed by atoms with Crippen LogP contribution in [0.1, 0.15) is 82.8 Å². The first-order valence-electron chi connectivity index (χ1n) is 25.9. The van der Waals surface area contributed by atoms with Gasteiger partial charge in [-0.25, -0.2) is 9.97 Å². The molecule has 6 heterocycles. The highest BCUT2D eigenvalue weighted by molar-refractivity contribution is 6.02. The van der Waals surface area contributed by atoms with Crippen molar-refractivity contribution in [2.45, 2.75) is 82.8 Å². The summed E-state index contributed by atoms with van der Waals surface area (Å²) >= 11 is 0. The maximum atomic E-state index is 13.7. The van der Waals surface area contributed by atoms with E-state index in [9.17, 15) is 24.3 Å². The van der Waals surface area contributed by atoms with Crippen molar-refractivity contribution < 1.29 is 24.2 Å². The van der Waals surface area contributed by atoms with Gasteiger partial charge >= 0.3 is 0 Å². The van der Waals surface area contributed by atoms with Crippen molar-refractivity contribution in [1.29, 1.82) is 0 Å². The first kappa shape index (κ1) is 52.3. The zero-order valence-electron chi connectivity index (χ0n) is 43.6. The van der Waals surface area contributed by atoms with Crippen molar-refractivity contribution in [2.24, 2.45) is 7.05 Å². The molecule has 396 valence electrons. The summed E-state index contributed by atoms with van der Waals surface area (Å²) in [6, 6.07) is 32.0. The third-order valence-corrected chi connectivity index (χ3v) is 14.2. The van der Waals surface area contributed by atoms with Gasteiger partial charge in [0.1, 0.15) is 29.7 Å². The number of rotatable bonds is 16. The standard InChI is InChI=1S/C59H59N13O6/c1-40(45-14-8-6-9-15-45)31-51(73)70-29-26-59(77,27-30-70)38-71-39-61-52-53(58(71)76)67-69(3)54(52)46-24-22-43(23-25-46)33-60-34-44-35-62-72(36-44)28-12-5-4-7-13-41-18-20-42(21-19-41)32-50-64-55(66-65-50)56(74)63-47-37-78-49-17-11-10-16-48(49)68(2)57(47)75/h6,8-11,14-25,35-36,39-40,47,60,77H,12,26-34,37-38H2,1-3H3,(H,63,74)(H,64,65,66)/t40-,47+/m1/s1. The number of aromatic nitrogens is 9. The molecule has 0 bridgehead atoms. The topological polar surface area (TPSA) is 223 Å². The molecule has 1 fully saturated rings. The van der Waals surface area contributed by atoms with Gasteiger partial charge < -0.3 is 30.3 Å². The van der Waals surface area contributed by atoms with Crippen molar-refractivity contribution >= 4 is 34.4 Å². The van der Waals surface area contributed by atoms with Crippen LogP contribution in [0.2, 0.25) is 0 Å². The van der Waals surface area contributed by atoms with E-state index < -0.39 is 17.6 Å². The number of carbonyl (C=O) groups is 3. The summed E-state index contributed by atoms with van der Waals surface area (Å²) in [4.78, 5) is 65.2. The molecule has 19 nitrogen and oxygen atoms in total. The Balaban J connectivity index is 0.640. The van der Waals surface area contributed by atoms with Crippen LogP contribution in [-0.4, -0.2) is 110 Å². The van der Waals surface area contributed by atoms with E-state index in [2.05, 4.69) is 71.6 Å². The lowest BCUT2D eigenvalue weighted by atomic mass is 9.90. The number of likely N-dealkylation sites (N-methyl/N-ethyl adjacent to an activating group) is 1. The van der Waals surface area contributed by atoms with Gasteiger partial charge in [-0.15, -0.1) is 5.10 Å². The average molecular weight is 1050 g/mol. The Bertz CT molecular complexity index is 3650. The molecule has 3 amide bonds. The second kappa shape index (κ2) is 23.4. The quantitative estimate of drug-likeness (QED) is 0.0925. The molecule has 1 saturated heterocycles. The van der Waals surface area contributed by atoms with Gasteiger partial charge in [-0.05, 0) is 71.6 Å². The van der Waals surface area contributed by atoms with Gasteiger partial charge in [0.25, 0.3) is 17.4 Å². The Morgan fingerprint density at radius 3 is 2.44 bits per heavy atom. The van der Waals surface area contributed by atoms with Gasteiger partial charge in [0.2, 0.25) is 11.7 Å². The SMILES string of the molecule is C[C@H](CC(=O)N1CCC(O)(Cn2cnc3c(-c4ccc(CNCc5cnn(CCC#CC#Cc6ccc(Cc7nc(C(=O)N[C@H]8COc9ccccc9N(C)C8=O)n[nH]7)cc6)c5)cc4)n(C)nc3c2=O)CC1)c1ccccc1. The number of nitrogens with one attached hydrogen (secondary N) is 3. The molecule has 4 aromatic carbocycles. The second-order valence-electron chi connectivity index (χ2n) is 19.9. The van der Waals surface area contributed by atoms with E-state index in [4.69, 9.17) is 4.74 Å². The fourth-order valence-corrected chi connectivity index (χ4v) is 9.76. The zero-order chi connectivity index (χ0) is 54.2. The Morgan fingerprint density at radius 1 is 0.897 bits per heavy atom. The smallest absolute Gasteiger partial charge is 0.291 e. The highest BCUT2D eigenvalue weighted by atomic mass is 16.5. The molecule has 10 rings (SSSR count). The first-order chi connectivity index (χ1) is 37.9. The lowest BCUT2D eigenvalue weighted by molar-refractivity contribution is -0.136. The van der Waals surface area contributed by atoms with Crippen LogP contribution in [0.15, 0.2) is 127 Å².